The van der Waals surface area contributed by atoms with Crippen LogP contribution >= 0.6 is 11.6 Å². The lowest BCUT2D eigenvalue weighted by molar-refractivity contribution is -0.142. The third-order valence-corrected chi connectivity index (χ3v) is 5.73. The van der Waals surface area contributed by atoms with Crippen molar-refractivity contribution in [1.29, 1.82) is 0 Å². The van der Waals surface area contributed by atoms with Gasteiger partial charge < -0.3 is 10.1 Å². The molecule has 3 heterocycles. The Hall–Kier alpha value is -4.38. The van der Waals surface area contributed by atoms with Gasteiger partial charge in [0.2, 0.25) is 0 Å². The van der Waals surface area contributed by atoms with Crippen LogP contribution in [0.1, 0.15) is 21.7 Å². The van der Waals surface area contributed by atoms with Crippen LogP contribution in [0.3, 0.4) is 0 Å². The lowest BCUT2D eigenvalue weighted by Gasteiger charge is -2.11. The zero-order valence-corrected chi connectivity index (χ0v) is 20.0. The van der Waals surface area contributed by atoms with Crippen molar-refractivity contribution in [3.8, 4) is 17.0 Å². The maximum absolute atomic E-state index is 13.9. The molecule has 0 saturated carbocycles. The third-order valence-electron chi connectivity index (χ3n) is 5.48. The Morgan fingerprint density at radius 1 is 1.03 bits per heavy atom. The average Bonchev–Trinajstić information content (AvgIpc) is 3.51. The van der Waals surface area contributed by atoms with Crippen molar-refractivity contribution in [2.75, 3.05) is 12.4 Å². The van der Waals surface area contributed by atoms with Crippen LogP contribution in [0, 0.1) is 0 Å². The average molecular weight is 527 g/mol. The van der Waals surface area contributed by atoms with E-state index in [2.05, 4.69) is 20.5 Å². The van der Waals surface area contributed by atoms with Gasteiger partial charge in [0, 0.05) is 28.9 Å². The zero-order chi connectivity index (χ0) is 26.2. The molecule has 5 rings (SSSR count). The predicted molar refractivity (Wildman–Crippen MR) is 131 cm³/mol. The second-order valence-electron chi connectivity index (χ2n) is 8.03. The van der Waals surface area contributed by atoms with Crippen molar-refractivity contribution < 1.29 is 22.7 Å². The fourth-order valence-electron chi connectivity index (χ4n) is 3.67. The first-order chi connectivity index (χ1) is 17.7. The number of nitrogens with zero attached hydrogens (tertiary/aromatic N) is 5. The molecule has 0 atom stereocenters. The van der Waals surface area contributed by atoms with Crippen molar-refractivity contribution >= 4 is 29.0 Å². The SMILES string of the molecule is COc1ccc(-c2cc(C(F)(F)F)n3nc(C(=O)Nc4ccn(Cc5ccc(Cl)cc5)n4)cc3n2)cc1. The number of carbonyl (C=O) groups excluding carboxylic acids is 1. The van der Waals surface area contributed by atoms with Crippen LogP contribution in [0.2, 0.25) is 5.02 Å². The molecule has 0 bridgehead atoms. The summed E-state index contributed by atoms with van der Waals surface area (Å²) in [5, 5.41) is 11.3. The van der Waals surface area contributed by atoms with Crippen molar-refractivity contribution in [1.82, 2.24) is 24.4 Å². The molecule has 0 aliphatic carbocycles. The van der Waals surface area contributed by atoms with Crippen LogP contribution < -0.4 is 10.1 Å². The molecular weight excluding hydrogens is 509 g/mol. The van der Waals surface area contributed by atoms with Crippen molar-refractivity contribution in [3.05, 3.63) is 94.9 Å². The number of hydrogen-bond acceptors (Lipinski definition) is 5. The lowest BCUT2D eigenvalue weighted by Crippen LogP contribution is -2.16. The Morgan fingerprint density at radius 2 is 1.76 bits per heavy atom. The molecule has 0 aliphatic heterocycles. The van der Waals surface area contributed by atoms with E-state index in [4.69, 9.17) is 16.3 Å². The Bertz CT molecular complexity index is 1580. The number of anilines is 1. The van der Waals surface area contributed by atoms with Crippen LogP contribution in [-0.4, -0.2) is 37.4 Å². The number of halogens is 4. The third kappa shape index (κ3) is 5.26. The van der Waals surface area contributed by atoms with E-state index in [0.29, 0.717) is 27.4 Å². The number of amides is 1. The number of benzene rings is 2. The molecule has 0 spiro atoms. The van der Waals surface area contributed by atoms with E-state index in [1.54, 1.807) is 53.3 Å². The summed E-state index contributed by atoms with van der Waals surface area (Å²) in [5.41, 5.74) is 0.0532. The normalized spacial score (nSPS) is 11.6. The van der Waals surface area contributed by atoms with Crippen LogP contribution in [0.4, 0.5) is 19.0 Å². The topological polar surface area (TPSA) is 86.3 Å². The second-order valence-corrected chi connectivity index (χ2v) is 8.47. The van der Waals surface area contributed by atoms with Gasteiger partial charge in [-0.15, -0.1) is 0 Å². The van der Waals surface area contributed by atoms with Crippen LogP contribution in [0.15, 0.2) is 72.9 Å². The summed E-state index contributed by atoms with van der Waals surface area (Å²) in [6.07, 6.45) is -3.07. The number of rotatable bonds is 6. The lowest BCUT2D eigenvalue weighted by atomic mass is 10.1. The smallest absolute Gasteiger partial charge is 0.433 e. The zero-order valence-electron chi connectivity index (χ0n) is 19.2. The fraction of sp³-hybridized carbons (Fsp3) is 0.120. The second kappa shape index (κ2) is 9.58. The molecule has 12 heteroatoms. The molecule has 2 aromatic carbocycles. The number of ether oxygens (including phenoxy) is 1. The summed E-state index contributed by atoms with van der Waals surface area (Å²) in [4.78, 5) is 17.1. The van der Waals surface area contributed by atoms with Gasteiger partial charge in [-0.05, 0) is 48.0 Å². The number of carbonyl (C=O) groups is 1. The number of nitrogens with one attached hydrogen (secondary N) is 1. The molecule has 0 unspecified atom stereocenters. The van der Waals surface area contributed by atoms with Gasteiger partial charge >= 0.3 is 6.18 Å². The maximum atomic E-state index is 13.9. The summed E-state index contributed by atoms with van der Waals surface area (Å²) < 4.78 is 48.9. The van der Waals surface area contributed by atoms with E-state index in [-0.39, 0.29) is 22.9 Å². The number of hydrogen-bond donors (Lipinski definition) is 1. The monoisotopic (exact) mass is 526 g/mol. The highest BCUT2D eigenvalue weighted by molar-refractivity contribution is 6.30. The molecular formula is C25H18ClF3N6O2. The Labute approximate surface area is 213 Å². The number of fused-ring (bicyclic) bond motifs is 1. The molecule has 1 amide bonds. The highest BCUT2D eigenvalue weighted by atomic mass is 35.5. The summed E-state index contributed by atoms with van der Waals surface area (Å²) in [5.74, 6) is 0.0556. The van der Waals surface area contributed by atoms with E-state index in [9.17, 15) is 18.0 Å². The van der Waals surface area contributed by atoms with Gasteiger partial charge in [-0.25, -0.2) is 9.50 Å². The van der Waals surface area contributed by atoms with Crippen LogP contribution in [0.25, 0.3) is 16.9 Å². The fourth-order valence-corrected chi connectivity index (χ4v) is 3.80. The van der Waals surface area contributed by atoms with E-state index < -0.39 is 17.8 Å². The molecule has 0 saturated heterocycles. The van der Waals surface area contributed by atoms with Gasteiger partial charge in [0.05, 0.1) is 19.3 Å². The number of aromatic nitrogens is 5. The van der Waals surface area contributed by atoms with Gasteiger partial charge in [-0.2, -0.15) is 23.4 Å². The van der Waals surface area contributed by atoms with Crippen LogP contribution in [0.5, 0.6) is 5.75 Å². The quantitative estimate of drug-likeness (QED) is 0.312. The first-order valence-electron chi connectivity index (χ1n) is 10.9. The maximum Gasteiger partial charge on any atom is 0.433 e. The Balaban J connectivity index is 1.41. The summed E-state index contributed by atoms with van der Waals surface area (Å²) >= 11 is 5.90. The van der Waals surface area contributed by atoms with E-state index in [0.717, 1.165) is 11.6 Å². The standard InChI is InChI=1S/C25H18ClF3N6O2/c1-37-18-8-4-16(5-9-18)19-12-21(25(27,28)29)35-23(30-19)13-20(32-35)24(36)31-22-10-11-34(33-22)14-15-2-6-17(26)7-3-15/h2-13H,14H2,1H3,(H,31,33,36). The molecule has 188 valence electrons. The van der Waals surface area contributed by atoms with Crippen molar-refractivity contribution in [3.63, 3.8) is 0 Å². The highest BCUT2D eigenvalue weighted by Crippen LogP contribution is 2.32. The van der Waals surface area contributed by atoms with Crippen molar-refractivity contribution in [2.45, 2.75) is 12.7 Å². The summed E-state index contributed by atoms with van der Waals surface area (Å²) in [7, 11) is 1.49. The van der Waals surface area contributed by atoms with E-state index >= 15 is 0 Å². The summed E-state index contributed by atoms with van der Waals surface area (Å²) in [6, 6.07) is 17.3. The molecule has 37 heavy (non-hydrogen) atoms. The minimum Gasteiger partial charge on any atom is -0.497 e. The number of alkyl halides is 3. The van der Waals surface area contributed by atoms with Crippen molar-refractivity contribution in [2.24, 2.45) is 0 Å². The Kier molecular flexibility index (Phi) is 6.30. The minimum absolute atomic E-state index is 0.0790. The molecule has 3 aromatic heterocycles. The van der Waals surface area contributed by atoms with E-state index in [1.807, 2.05) is 12.1 Å². The predicted octanol–water partition coefficient (Wildman–Crippen LogP) is 5.57. The van der Waals surface area contributed by atoms with Gasteiger partial charge in [-0.3, -0.25) is 9.48 Å². The van der Waals surface area contributed by atoms with Gasteiger partial charge in [0.25, 0.3) is 5.91 Å². The first-order valence-corrected chi connectivity index (χ1v) is 11.3. The van der Waals surface area contributed by atoms with Crippen LogP contribution in [-0.2, 0) is 12.7 Å². The first kappa shape index (κ1) is 24.3. The highest BCUT2D eigenvalue weighted by Gasteiger charge is 2.35. The molecule has 0 fully saturated rings. The van der Waals surface area contributed by atoms with Gasteiger partial charge in [0.15, 0.2) is 22.9 Å². The molecule has 0 aliphatic rings. The minimum atomic E-state index is -4.73. The molecule has 8 nitrogen and oxygen atoms in total. The van der Waals surface area contributed by atoms with Gasteiger partial charge in [0.1, 0.15) is 5.75 Å². The molecule has 5 aromatic rings. The van der Waals surface area contributed by atoms with E-state index in [1.165, 1.54) is 13.2 Å². The molecule has 0 radical (unpaired) electrons. The molecule has 1 N–H and O–H groups in total. The largest absolute Gasteiger partial charge is 0.497 e. The van der Waals surface area contributed by atoms with Gasteiger partial charge in [-0.1, -0.05) is 23.7 Å². The number of methoxy groups -OCH3 is 1. The summed E-state index contributed by atoms with van der Waals surface area (Å²) in [6.45, 7) is 0.439. The Morgan fingerprint density at radius 3 is 2.43 bits per heavy atom.